The van der Waals surface area contributed by atoms with E-state index in [2.05, 4.69) is 0 Å². The monoisotopic (exact) mass is 477 g/mol. The minimum atomic E-state index is -4.34. The number of carbonyl (C=O) groups is 1. The van der Waals surface area contributed by atoms with Crippen molar-refractivity contribution in [2.75, 3.05) is 4.31 Å². The molecule has 0 aliphatic heterocycles. The number of benzene rings is 3. The summed E-state index contributed by atoms with van der Waals surface area (Å²) >= 11 is 5.87. The van der Waals surface area contributed by atoms with Crippen LogP contribution in [0.4, 0.5) is 14.5 Å². The molecule has 0 aliphatic rings. The smallest absolute Gasteiger partial charge is 0.328 e. The first kappa shape index (κ1) is 23.4. The van der Waals surface area contributed by atoms with Gasteiger partial charge in [-0.3, -0.25) is 4.31 Å². The van der Waals surface area contributed by atoms with Crippen molar-refractivity contribution in [2.45, 2.75) is 17.9 Å². The summed E-state index contributed by atoms with van der Waals surface area (Å²) < 4.78 is 56.6. The van der Waals surface area contributed by atoms with Gasteiger partial charge in [0.25, 0.3) is 10.0 Å². The molecule has 3 aromatic carbocycles. The van der Waals surface area contributed by atoms with Gasteiger partial charge in [0, 0.05) is 17.2 Å². The van der Waals surface area contributed by atoms with E-state index in [0.29, 0.717) is 16.1 Å². The number of carboxylic acids is 1. The third-order valence-electron chi connectivity index (χ3n) is 4.68. The van der Waals surface area contributed by atoms with Crippen molar-refractivity contribution in [1.82, 2.24) is 0 Å². The van der Waals surface area contributed by atoms with Crippen LogP contribution in [-0.4, -0.2) is 19.5 Å². The number of hydrogen-bond acceptors (Lipinski definition) is 3. The van der Waals surface area contributed by atoms with Gasteiger partial charge in [-0.15, -0.1) is 0 Å². The molecule has 0 fully saturated rings. The second-order valence-electron chi connectivity index (χ2n) is 6.87. The van der Waals surface area contributed by atoms with Gasteiger partial charge in [-0.1, -0.05) is 29.8 Å². The lowest BCUT2D eigenvalue weighted by Crippen LogP contribution is -2.34. The van der Waals surface area contributed by atoms with Crippen molar-refractivity contribution in [1.29, 1.82) is 0 Å². The van der Waals surface area contributed by atoms with Gasteiger partial charge in [0.2, 0.25) is 0 Å². The number of aliphatic carboxylic acids is 1. The lowest BCUT2D eigenvalue weighted by atomic mass is 10.0. The van der Waals surface area contributed by atoms with E-state index < -0.39 is 39.4 Å². The third kappa shape index (κ3) is 5.15. The number of carboxylic acid groups (broad SMARTS) is 1. The Morgan fingerprint density at radius 2 is 1.75 bits per heavy atom. The SMILES string of the molecule is C[C@H](c1cccc(/C=C/C(=O)O)c1)N(c1cc(F)ccc1F)S(=O)(=O)c1ccc(Cl)cc1. The lowest BCUT2D eigenvalue weighted by Gasteiger charge is -2.31. The van der Waals surface area contributed by atoms with Crippen LogP contribution in [0, 0.1) is 11.6 Å². The van der Waals surface area contributed by atoms with E-state index in [4.69, 9.17) is 16.7 Å². The molecule has 3 aromatic rings. The highest BCUT2D eigenvalue weighted by Gasteiger charge is 2.32. The zero-order chi connectivity index (χ0) is 23.5. The molecule has 5 nitrogen and oxygen atoms in total. The molecule has 1 N–H and O–H groups in total. The Bertz CT molecular complexity index is 1280. The van der Waals surface area contributed by atoms with E-state index in [1.54, 1.807) is 24.3 Å². The second kappa shape index (κ2) is 9.50. The molecule has 32 heavy (non-hydrogen) atoms. The number of sulfonamides is 1. The van der Waals surface area contributed by atoms with E-state index in [9.17, 15) is 22.0 Å². The average molecular weight is 478 g/mol. The maximum absolute atomic E-state index is 14.7. The summed E-state index contributed by atoms with van der Waals surface area (Å²) in [5.74, 6) is -2.86. The van der Waals surface area contributed by atoms with Crippen LogP contribution in [0.2, 0.25) is 5.02 Å². The lowest BCUT2D eigenvalue weighted by molar-refractivity contribution is -0.131. The van der Waals surface area contributed by atoms with Crippen LogP contribution in [0.1, 0.15) is 24.1 Å². The quantitative estimate of drug-likeness (QED) is 0.445. The van der Waals surface area contributed by atoms with Crippen LogP contribution in [0.15, 0.2) is 77.7 Å². The molecule has 166 valence electrons. The fraction of sp³-hybridized carbons (Fsp3) is 0.0870. The van der Waals surface area contributed by atoms with Crippen molar-refractivity contribution in [2.24, 2.45) is 0 Å². The molecule has 3 rings (SSSR count). The first-order valence-electron chi connectivity index (χ1n) is 9.35. The molecule has 0 unspecified atom stereocenters. The molecule has 9 heteroatoms. The van der Waals surface area contributed by atoms with Gasteiger partial charge in [-0.25, -0.2) is 22.0 Å². The van der Waals surface area contributed by atoms with E-state index in [1.165, 1.54) is 37.3 Å². The Hall–Kier alpha value is -3.23. The van der Waals surface area contributed by atoms with Crippen molar-refractivity contribution >= 4 is 39.4 Å². The molecule has 0 radical (unpaired) electrons. The summed E-state index contributed by atoms with van der Waals surface area (Å²) in [7, 11) is -4.34. The first-order chi connectivity index (χ1) is 15.1. The number of halogens is 3. The molecular formula is C23H18ClF2NO4S. The Kier molecular flexibility index (Phi) is 6.96. The van der Waals surface area contributed by atoms with Gasteiger partial charge >= 0.3 is 5.97 Å². The fourth-order valence-electron chi connectivity index (χ4n) is 3.15. The van der Waals surface area contributed by atoms with Crippen LogP contribution in [0.3, 0.4) is 0 Å². The maximum Gasteiger partial charge on any atom is 0.328 e. The molecule has 1 atom stereocenters. The van der Waals surface area contributed by atoms with Crippen LogP contribution in [0.5, 0.6) is 0 Å². The van der Waals surface area contributed by atoms with Crippen molar-refractivity contribution in [3.8, 4) is 0 Å². The highest BCUT2D eigenvalue weighted by Crippen LogP contribution is 2.36. The summed E-state index contributed by atoms with van der Waals surface area (Å²) in [5.41, 5.74) is 0.484. The number of rotatable bonds is 7. The Balaban J connectivity index is 2.17. The van der Waals surface area contributed by atoms with E-state index in [-0.39, 0.29) is 4.90 Å². The highest BCUT2D eigenvalue weighted by molar-refractivity contribution is 7.92. The third-order valence-corrected chi connectivity index (χ3v) is 6.83. The summed E-state index contributed by atoms with van der Waals surface area (Å²) in [6.45, 7) is 1.53. The van der Waals surface area contributed by atoms with Gasteiger partial charge in [0.1, 0.15) is 11.6 Å². The highest BCUT2D eigenvalue weighted by atomic mass is 35.5. The second-order valence-corrected chi connectivity index (χ2v) is 9.12. The van der Waals surface area contributed by atoms with Crippen molar-refractivity contribution < 1.29 is 27.1 Å². The summed E-state index contributed by atoms with van der Waals surface area (Å²) in [6, 6.07) is 13.4. The predicted molar refractivity (Wildman–Crippen MR) is 119 cm³/mol. The summed E-state index contributed by atoms with van der Waals surface area (Å²) in [5, 5.41) is 9.16. The molecule has 0 amide bonds. The summed E-state index contributed by atoms with van der Waals surface area (Å²) in [4.78, 5) is 10.7. The topological polar surface area (TPSA) is 74.7 Å². The van der Waals surface area contributed by atoms with Crippen LogP contribution < -0.4 is 4.31 Å². The average Bonchev–Trinajstić information content (AvgIpc) is 2.75. The fourth-order valence-corrected chi connectivity index (χ4v) is 4.92. The van der Waals surface area contributed by atoms with Crippen molar-refractivity contribution in [3.05, 3.63) is 101 Å². The molecule has 0 spiro atoms. The number of anilines is 1. The molecule has 0 heterocycles. The standard InChI is InChI=1S/C23H18ClF2NO4S/c1-15(17-4-2-3-16(13-17)5-12-23(28)29)27(22-14-19(25)8-11-21(22)26)32(30,31)20-9-6-18(24)7-10-20/h2-15H,1H3,(H,28,29)/b12-5+/t15-/m1/s1. The molecule has 0 aromatic heterocycles. The molecule has 0 saturated carbocycles. The number of nitrogens with zero attached hydrogens (tertiary/aromatic N) is 1. The molecule has 0 aliphatic carbocycles. The Morgan fingerprint density at radius 3 is 2.41 bits per heavy atom. The van der Waals surface area contributed by atoms with Crippen LogP contribution >= 0.6 is 11.6 Å². The minimum absolute atomic E-state index is 0.153. The van der Waals surface area contributed by atoms with E-state index in [1.807, 2.05) is 0 Å². The minimum Gasteiger partial charge on any atom is -0.478 e. The van der Waals surface area contributed by atoms with Crippen molar-refractivity contribution in [3.63, 3.8) is 0 Å². The van der Waals surface area contributed by atoms with Gasteiger partial charge in [0.15, 0.2) is 0 Å². The zero-order valence-electron chi connectivity index (χ0n) is 16.7. The largest absolute Gasteiger partial charge is 0.478 e. The zero-order valence-corrected chi connectivity index (χ0v) is 18.3. The van der Waals surface area contributed by atoms with Gasteiger partial charge in [0.05, 0.1) is 16.6 Å². The molecule has 0 saturated heterocycles. The van der Waals surface area contributed by atoms with Crippen LogP contribution in [-0.2, 0) is 14.8 Å². The van der Waals surface area contributed by atoms with Gasteiger partial charge in [-0.2, -0.15) is 0 Å². The first-order valence-corrected chi connectivity index (χ1v) is 11.2. The summed E-state index contributed by atoms with van der Waals surface area (Å²) in [6.07, 6.45) is 2.29. The molecule has 0 bridgehead atoms. The Morgan fingerprint density at radius 1 is 1.06 bits per heavy atom. The van der Waals surface area contributed by atoms with Gasteiger partial charge < -0.3 is 5.11 Å². The Labute approximate surface area is 189 Å². The van der Waals surface area contributed by atoms with Crippen LogP contribution in [0.25, 0.3) is 6.08 Å². The normalized spacial score (nSPS) is 12.6. The molecular weight excluding hydrogens is 460 g/mol. The predicted octanol–water partition coefficient (Wildman–Crippen LogP) is 5.67. The van der Waals surface area contributed by atoms with Gasteiger partial charge in [-0.05, 0) is 66.6 Å². The van der Waals surface area contributed by atoms with E-state index >= 15 is 0 Å². The number of hydrogen-bond donors (Lipinski definition) is 1. The maximum atomic E-state index is 14.7. The van der Waals surface area contributed by atoms with E-state index in [0.717, 1.165) is 28.6 Å².